The first-order chi connectivity index (χ1) is 11.5. The highest BCUT2D eigenvalue weighted by Crippen LogP contribution is 2.21. The summed E-state index contributed by atoms with van der Waals surface area (Å²) in [4.78, 5) is 6.17. The van der Waals surface area contributed by atoms with Gasteiger partial charge in [-0.05, 0) is 25.3 Å². The van der Waals surface area contributed by atoms with Gasteiger partial charge in [0, 0.05) is 19.6 Å². The summed E-state index contributed by atoms with van der Waals surface area (Å²) in [5.41, 5.74) is 2.55. The number of alkyl halides is 3. The highest BCUT2D eigenvalue weighted by Gasteiger charge is 2.26. The number of aliphatic imine (C=N–C) groups is 1. The van der Waals surface area contributed by atoms with E-state index in [2.05, 4.69) is 28.5 Å². The number of piperidine rings is 1. The van der Waals surface area contributed by atoms with Crippen molar-refractivity contribution in [2.45, 2.75) is 32.4 Å². The lowest BCUT2D eigenvalue weighted by molar-refractivity contribution is -0.132. The van der Waals surface area contributed by atoms with Crippen LogP contribution >= 0.6 is 0 Å². The summed E-state index contributed by atoms with van der Waals surface area (Å²) in [5, 5.41) is 3.09. The summed E-state index contributed by atoms with van der Waals surface area (Å²) in [7, 11) is 0. The van der Waals surface area contributed by atoms with E-state index in [9.17, 15) is 13.2 Å². The minimum Gasteiger partial charge on any atom is -0.357 e. The second-order valence-electron chi connectivity index (χ2n) is 5.80. The Morgan fingerprint density at radius 1 is 1.21 bits per heavy atom. The molecule has 2 rings (SSSR count). The van der Waals surface area contributed by atoms with Gasteiger partial charge in [-0.1, -0.05) is 42.0 Å². The molecule has 132 valence electrons. The SMILES string of the molecule is CCNC(=NCCC(F)(F)F)N1CCC(=Cc2ccccc2)CC1. The summed E-state index contributed by atoms with van der Waals surface area (Å²) >= 11 is 0. The molecule has 1 N–H and O–H groups in total. The Morgan fingerprint density at radius 2 is 1.88 bits per heavy atom. The summed E-state index contributed by atoms with van der Waals surface area (Å²) in [6, 6.07) is 10.2. The largest absolute Gasteiger partial charge is 0.390 e. The molecule has 1 fully saturated rings. The standard InChI is InChI=1S/C18H24F3N3/c1-2-22-17(23-11-10-18(19,20)21)24-12-8-16(9-13-24)14-15-6-4-3-5-7-15/h3-7,14H,2,8-13H2,1H3,(H,22,23). The van der Waals surface area contributed by atoms with Crippen molar-refractivity contribution in [1.29, 1.82) is 0 Å². The van der Waals surface area contributed by atoms with Gasteiger partial charge in [0.15, 0.2) is 5.96 Å². The van der Waals surface area contributed by atoms with E-state index in [-0.39, 0.29) is 6.54 Å². The van der Waals surface area contributed by atoms with Crippen molar-refractivity contribution in [2.24, 2.45) is 4.99 Å². The maximum Gasteiger partial charge on any atom is 0.390 e. The van der Waals surface area contributed by atoms with Gasteiger partial charge in [-0.3, -0.25) is 4.99 Å². The number of benzene rings is 1. The fraction of sp³-hybridized carbons (Fsp3) is 0.500. The van der Waals surface area contributed by atoms with E-state index >= 15 is 0 Å². The quantitative estimate of drug-likeness (QED) is 0.661. The number of halogens is 3. The van der Waals surface area contributed by atoms with Crippen LogP contribution in [0.25, 0.3) is 6.08 Å². The molecular weight excluding hydrogens is 315 g/mol. The van der Waals surface area contributed by atoms with Gasteiger partial charge in [-0.2, -0.15) is 13.2 Å². The molecule has 0 amide bonds. The van der Waals surface area contributed by atoms with Crippen molar-refractivity contribution in [2.75, 3.05) is 26.2 Å². The predicted octanol–water partition coefficient (Wildman–Crippen LogP) is 4.08. The Balaban J connectivity index is 1.92. The first-order valence-corrected chi connectivity index (χ1v) is 8.32. The highest BCUT2D eigenvalue weighted by molar-refractivity contribution is 5.80. The van der Waals surface area contributed by atoms with Gasteiger partial charge in [-0.15, -0.1) is 0 Å². The molecule has 1 saturated heterocycles. The second-order valence-corrected chi connectivity index (χ2v) is 5.80. The van der Waals surface area contributed by atoms with Gasteiger partial charge in [0.25, 0.3) is 0 Å². The van der Waals surface area contributed by atoms with Crippen LogP contribution in [0.1, 0.15) is 31.7 Å². The molecule has 0 saturated carbocycles. The monoisotopic (exact) mass is 339 g/mol. The van der Waals surface area contributed by atoms with Gasteiger partial charge < -0.3 is 10.2 Å². The molecule has 0 atom stereocenters. The summed E-state index contributed by atoms with van der Waals surface area (Å²) in [6.45, 7) is 3.89. The molecule has 3 nitrogen and oxygen atoms in total. The van der Waals surface area contributed by atoms with E-state index in [4.69, 9.17) is 0 Å². The summed E-state index contributed by atoms with van der Waals surface area (Å²) in [6.07, 6.45) is -1.04. The van der Waals surface area contributed by atoms with Gasteiger partial charge in [0.05, 0.1) is 13.0 Å². The fourth-order valence-electron chi connectivity index (χ4n) is 2.65. The molecule has 0 radical (unpaired) electrons. The van der Waals surface area contributed by atoms with E-state index in [0.717, 1.165) is 25.9 Å². The fourth-order valence-corrected chi connectivity index (χ4v) is 2.65. The van der Waals surface area contributed by atoms with Gasteiger partial charge >= 0.3 is 6.18 Å². The Kier molecular flexibility index (Phi) is 6.70. The minimum absolute atomic E-state index is 0.227. The molecule has 24 heavy (non-hydrogen) atoms. The lowest BCUT2D eigenvalue weighted by Gasteiger charge is -2.31. The topological polar surface area (TPSA) is 27.6 Å². The van der Waals surface area contributed by atoms with Gasteiger partial charge in [-0.25, -0.2) is 0 Å². The van der Waals surface area contributed by atoms with Crippen LogP contribution in [0.5, 0.6) is 0 Å². The maximum absolute atomic E-state index is 12.3. The third kappa shape index (κ3) is 6.26. The Labute approximate surface area is 141 Å². The Hall–Kier alpha value is -1.98. The molecule has 1 aliphatic rings. The molecule has 1 aromatic rings. The van der Waals surface area contributed by atoms with Gasteiger partial charge in [0.2, 0.25) is 0 Å². The van der Waals surface area contributed by atoms with Crippen molar-refractivity contribution in [3.05, 3.63) is 41.5 Å². The van der Waals surface area contributed by atoms with Crippen molar-refractivity contribution in [3.8, 4) is 0 Å². The summed E-state index contributed by atoms with van der Waals surface area (Å²) in [5.74, 6) is 0.584. The molecule has 0 bridgehead atoms. The molecule has 0 aromatic heterocycles. The number of rotatable bonds is 4. The molecular formula is C18H24F3N3. The van der Waals surface area contributed by atoms with Crippen molar-refractivity contribution < 1.29 is 13.2 Å². The highest BCUT2D eigenvalue weighted by atomic mass is 19.4. The van der Waals surface area contributed by atoms with Crippen LogP contribution in [0.15, 0.2) is 40.9 Å². The van der Waals surface area contributed by atoms with Gasteiger partial charge in [0.1, 0.15) is 0 Å². The van der Waals surface area contributed by atoms with Crippen molar-refractivity contribution >= 4 is 12.0 Å². The molecule has 1 aromatic carbocycles. The van der Waals surface area contributed by atoms with E-state index in [1.165, 1.54) is 11.1 Å². The van der Waals surface area contributed by atoms with Crippen LogP contribution < -0.4 is 5.32 Å². The lowest BCUT2D eigenvalue weighted by Crippen LogP contribution is -2.44. The van der Waals surface area contributed by atoms with Crippen molar-refractivity contribution in [1.82, 2.24) is 10.2 Å². The number of likely N-dealkylation sites (tertiary alicyclic amines) is 1. The zero-order chi connectivity index (χ0) is 17.4. The van der Waals surface area contributed by atoms with Crippen LogP contribution in [-0.2, 0) is 0 Å². The number of nitrogens with one attached hydrogen (secondary N) is 1. The number of nitrogens with zero attached hydrogens (tertiary/aromatic N) is 2. The number of hydrogen-bond acceptors (Lipinski definition) is 1. The average Bonchev–Trinajstić information content (AvgIpc) is 2.55. The molecule has 6 heteroatoms. The normalized spacial score (nSPS) is 16.2. The number of guanidine groups is 1. The lowest BCUT2D eigenvalue weighted by atomic mass is 10.0. The first kappa shape index (κ1) is 18.4. The number of hydrogen-bond donors (Lipinski definition) is 1. The van der Waals surface area contributed by atoms with Crippen LogP contribution in [0, 0.1) is 0 Å². The van der Waals surface area contributed by atoms with E-state index in [1.807, 2.05) is 30.0 Å². The smallest absolute Gasteiger partial charge is 0.357 e. The Morgan fingerprint density at radius 3 is 2.46 bits per heavy atom. The average molecular weight is 339 g/mol. The van der Waals surface area contributed by atoms with E-state index in [1.54, 1.807) is 0 Å². The maximum atomic E-state index is 12.3. The third-order valence-corrected chi connectivity index (χ3v) is 3.87. The van der Waals surface area contributed by atoms with E-state index in [0.29, 0.717) is 12.5 Å². The van der Waals surface area contributed by atoms with Crippen LogP contribution in [0.3, 0.4) is 0 Å². The zero-order valence-electron chi connectivity index (χ0n) is 13.9. The van der Waals surface area contributed by atoms with Crippen LogP contribution in [-0.4, -0.2) is 43.2 Å². The molecule has 0 unspecified atom stereocenters. The zero-order valence-corrected chi connectivity index (χ0v) is 13.9. The van der Waals surface area contributed by atoms with Crippen LogP contribution in [0.2, 0.25) is 0 Å². The predicted molar refractivity (Wildman–Crippen MR) is 91.9 cm³/mol. The Bertz CT molecular complexity index is 555. The third-order valence-electron chi connectivity index (χ3n) is 3.87. The second kappa shape index (κ2) is 8.76. The minimum atomic E-state index is -4.16. The molecule has 1 aliphatic heterocycles. The summed E-state index contributed by atoms with van der Waals surface area (Å²) < 4.78 is 36.8. The molecule has 1 heterocycles. The first-order valence-electron chi connectivity index (χ1n) is 8.32. The molecule has 0 aliphatic carbocycles. The van der Waals surface area contributed by atoms with Crippen LogP contribution in [0.4, 0.5) is 13.2 Å². The van der Waals surface area contributed by atoms with E-state index < -0.39 is 12.6 Å². The van der Waals surface area contributed by atoms with Crippen molar-refractivity contribution in [3.63, 3.8) is 0 Å². The molecule has 0 spiro atoms.